The van der Waals surface area contributed by atoms with Gasteiger partial charge in [0.2, 0.25) is 0 Å². The molecule has 0 aliphatic heterocycles. The van der Waals surface area contributed by atoms with E-state index in [9.17, 15) is 9.18 Å². The fourth-order valence-corrected chi connectivity index (χ4v) is 3.02. The van der Waals surface area contributed by atoms with Crippen LogP contribution in [0, 0.1) is 12.7 Å². The Morgan fingerprint density at radius 1 is 1.33 bits per heavy atom. The minimum absolute atomic E-state index is 0.0474. The first-order chi connectivity index (χ1) is 12.7. The van der Waals surface area contributed by atoms with Gasteiger partial charge in [0.05, 0.1) is 0 Å². The van der Waals surface area contributed by atoms with E-state index in [1.807, 2.05) is 20.8 Å². The molecule has 1 aliphatic carbocycles. The van der Waals surface area contributed by atoms with Crippen molar-refractivity contribution in [2.45, 2.75) is 66.0 Å². The number of nitrogens with zero attached hydrogens (tertiary/aromatic N) is 1. The summed E-state index contributed by atoms with van der Waals surface area (Å²) < 4.78 is 13.4. The molecule has 0 bridgehead atoms. The van der Waals surface area contributed by atoms with Gasteiger partial charge in [0.25, 0.3) is 5.91 Å². The molecular formula is C22H30FN3O. The van der Waals surface area contributed by atoms with Crippen LogP contribution in [0.1, 0.15) is 58.1 Å². The van der Waals surface area contributed by atoms with Gasteiger partial charge in [0, 0.05) is 23.2 Å². The van der Waals surface area contributed by atoms with Gasteiger partial charge in [0.1, 0.15) is 11.6 Å². The molecule has 5 heteroatoms. The lowest BCUT2D eigenvalue weighted by Crippen LogP contribution is -2.30. The van der Waals surface area contributed by atoms with Gasteiger partial charge in [-0.05, 0) is 70.9 Å². The summed E-state index contributed by atoms with van der Waals surface area (Å²) in [5.41, 5.74) is 3.90. The van der Waals surface area contributed by atoms with Crippen molar-refractivity contribution in [2.75, 3.05) is 0 Å². The minimum atomic E-state index is -0.243. The van der Waals surface area contributed by atoms with Crippen LogP contribution in [0.3, 0.4) is 0 Å². The van der Waals surface area contributed by atoms with E-state index in [2.05, 4.69) is 29.3 Å². The summed E-state index contributed by atoms with van der Waals surface area (Å²) in [5.74, 6) is 0.284. The predicted octanol–water partition coefficient (Wildman–Crippen LogP) is 4.55. The zero-order chi connectivity index (χ0) is 20.2. The van der Waals surface area contributed by atoms with Crippen LogP contribution < -0.4 is 10.6 Å². The van der Waals surface area contributed by atoms with Crippen molar-refractivity contribution < 1.29 is 9.18 Å². The quantitative estimate of drug-likeness (QED) is 0.400. The van der Waals surface area contributed by atoms with E-state index in [0.717, 1.165) is 29.6 Å². The number of carbonyl (C=O) groups excluding carboxylic acids is 1. The van der Waals surface area contributed by atoms with Gasteiger partial charge >= 0.3 is 0 Å². The Labute approximate surface area is 161 Å². The second-order valence-electron chi connectivity index (χ2n) is 7.67. The third-order valence-electron chi connectivity index (χ3n) is 4.92. The average Bonchev–Trinajstić information content (AvgIpc) is 3.35. The van der Waals surface area contributed by atoms with Gasteiger partial charge < -0.3 is 10.6 Å². The summed E-state index contributed by atoms with van der Waals surface area (Å²) in [7, 11) is 0. The Morgan fingerprint density at radius 3 is 2.48 bits per heavy atom. The number of amides is 1. The number of allylic oxidation sites excluding steroid dienone is 1. The zero-order valence-corrected chi connectivity index (χ0v) is 17.0. The van der Waals surface area contributed by atoms with Crippen molar-refractivity contribution in [1.82, 2.24) is 10.6 Å². The number of aryl methyl sites for hydroxylation is 1. The number of hydrogen-bond acceptors (Lipinski definition) is 3. The molecule has 0 radical (unpaired) electrons. The van der Waals surface area contributed by atoms with Crippen molar-refractivity contribution in [3.8, 4) is 0 Å². The summed E-state index contributed by atoms with van der Waals surface area (Å²) in [5, 5.41) is 6.40. The molecule has 0 saturated heterocycles. The summed E-state index contributed by atoms with van der Waals surface area (Å²) in [6, 6.07) is 4.87. The first kappa shape index (κ1) is 20.9. The summed E-state index contributed by atoms with van der Waals surface area (Å²) in [6.45, 7) is 13.8. The molecule has 0 aromatic heterocycles. The monoisotopic (exact) mass is 371 g/mol. The summed E-state index contributed by atoms with van der Waals surface area (Å²) >= 11 is 0. The maximum Gasteiger partial charge on any atom is 0.251 e. The van der Waals surface area contributed by atoms with Gasteiger partial charge in [0.15, 0.2) is 0 Å². The Balaban J connectivity index is 2.23. The minimum Gasteiger partial charge on any atom is -0.365 e. The van der Waals surface area contributed by atoms with Crippen molar-refractivity contribution in [1.29, 1.82) is 0 Å². The van der Waals surface area contributed by atoms with Gasteiger partial charge in [-0.3, -0.25) is 4.79 Å². The van der Waals surface area contributed by atoms with E-state index in [1.165, 1.54) is 6.07 Å². The molecule has 2 rings (SSSR count). The van der Waals surface area contributed by atoms with Crippen LogP contribution in [0.4, 0.5) is 4.39 Å². The highest BCUT2D eigenvalue weighted by atomic mass is 19.1. The van der Waals surface area contributed by atoms with Crippen molar-refractivity contribution in [3.05, 3.63) is 57.7 Å². The van der Waals surface area contributed by atoms with Crippen molar-refractivity contribution >= 4 is 12.6 Å². The molecule has 1 aromatic carbocycles. The smallest absolute Gasteiger partial charge is 0.251 e. The van der Waals surface area contributed by atoms with Crippen molar-refractivity contribution in [3.63, 3.8) is 0 Å². The Hall–Kier alpha value is -2.43. The fraction of sp³-hybridized carbons (Fsp3) is 0.455. The van der Waals surface area contributed by atoms with E-state index in [4.69, 9.17) is 0 Å². The molecule has 4 nitrogen and oxygen atoms in total. The number of nitrogens with one attached hydrogen (secondary N) is 2. The standard InChI is InChI=1S/C22H30FN3O/c1-7-17(20(24-6)26-22(5)10-11-22)19(14(2)3)21(27)25-13-16-8-9-18(23)15(4)12-16/h8-9,12,26H,6-7,10-11,13H2,1-5H3,(H,25,27)/b20-17-. The van der Waals surface area contributed by atoms with Crippen LogP contribution in [0.2, 0.25) is 0 Å². The van der Waals surface area contributed by atoms with E-state index >= 15 is 0 Å². The molecule has 0 heterocycles. The molecule has 2 N–H and O–H groups in total. The molecule has 0 spiro atoms. The number of hydrogen-bond donors (Lipinski definition) is 2. The van der Waals surface area contributed by atoms with E-state index in [1.54, 1.807) is 19.1 Å². The highest BCUT2D eigenvalue weighted by Crippen LogP contribution is 2.36. The first-order valence-electron chi connectivity index (χ1n) is 9.40. The largest absolute Gasteiger partial charge is 0.365 e. The number of aliphatic imine (C=N–C) groups is 1. The molecule has 1 aliphatic rings. The normalized spacial score (nSPS) is 15.5. The lowest BCUT2D eigenvalue weighted by atomic mass is 9.97. The average molecular weight is 372 g/mol. The molecule has 146 valence electrons. The molecule has 0 atom stereocenters. The number of halogens is 1. The van der Waals surface area contributed by atoms with E-state index in [-0.39, 0.29) is 17.3 Å². The second-order valence-corrected chi connectivity index (χ2v) is 7.67. The zero-order valence-electron chi connectivity index (χ0n) is 17.0. The van der Waals surface area contributed by atoms with Gasteiger partial charge in [-0.2, -0.15) is 0 Å². The van der Waals surface area contributed by atoms with Crippen LogP contribution in [0.15, 0.2) is 45.7 Å². The van der Waals surface area contributed by atoms with Crippen molar-refractivity contribution in [2.24, 2.45) is 4.99 Å². The Kier molecular flexibility index (Phi) is 6.58. The van der Waals surface area contributed by atoms with Crippen LogP contribution in [0.25, 0.3) is 0 Å². The predicted molar refractivity (Wildman–Crippen MR) is 109 cm³/mol. The van der Waals surface area contributed by atoms with Gasteiger partial charge in [-0.1, -0.05) is 24.6 Å². The maximum atomic E-state index is 13.4. The molecule has 1 aromatic rings. The highest BCUT2D eigenvalue weighted by molar-refractivity contribution is 5.98. The maximum absolute atomic E-state index is 13.4. The third-order valence-corrected chi connectivity index (χ3v) is 4.92. The first-order valence-corrected chi connectivity index (χ1v) is 9.40. The van der Waals surface area contributed by atoms with Crippen LogP contribution in [-0.2, 0) is 11.3 Å². The lowest BCUT2D eigenvalue weighted by molar-refractivity contribution is -0.117. The van der Waals surface area contributed by atoms with Crippen LogP contribution >= 0.6 is 0 Å². The Morgan fingerprint density at radius 2 is 2.00 bits per heavy atom. The number of rotatable bonds is 8. The highest BCUT2D eigenvalue weighted by Gasteiger charge is 2.38. The third kappa shape index (κ3) is 5.28. The SMILES string of the molecule is C=N/C(NC1(C)CC1)=C(\CC)C(C(=O)NCc1ccc(F)c(C)c1)=C(C)C. The van der Waals surface area contributed by atoms with Crippen LogP contribution in [-0.4, -0.2) is 18.2 Å². The topological polar surface area (TPSA) is 53.5 Å². The molecule has 1 fully saturated rings. The molecule has 1 saturated carbocycles. The molecule has 1 amide bonds. The summed E-state index contributed by atoms with van der Waals surface area (Å²) in [6.07, 6.45) is 2.84. The van der Waals surface area contributed by atoms with Gasteiger partial charge in [-0.15, -0.1) is 0 Å². The Bertz CT molecular complexity index is 800. The fourth-order valence-electron chi connectivity index (χ4n) is 3.02. The number of carbonyl (C=O) groups is 1. The second kappa shape index (κ2) is 8.51. The molecular weight excluding hydrogens is 341 g/mol. The van der Waals surface area contributed by atoms with Crippen LogP contribution in [0.5, 0.6) is 0 Å². The number of benzene rings is 1. The molecule has 27 heavy (non-hydrogen) atoms. The summed E-state index contributed by atoms with van der Waals surface area (Å²) in [4.78, 5) is 17.1. The van der Waals surface area contributed by atoms with E-state index < -0.39 is 0 Å². The molecule has 0 unspecified atom stereocenters. The van der Waals surface area contributed by atoms with E-state index in [0.29, 0.717) is 29.9 Å². The lowest BCUT2D eigenvalue weighted by Gasteiger charge is -2.20. The van der Waals surface area contributed by atoms with Gasteiger partial charge in [-0.25, -0.2) is 9.38 Å².